The summed E-state index contributed by atoms with van der Waals surface area (Å²) < 4.78 is 0. The number of nitrogen functional groups attached to an aromatic ring is 1. The molecule has 0 saturated carbocycles. The van der Waals surface area contributed by atoms with Crippen LogP contribution in [0, 0.1) is 0 Å². The molecular formula is C16H29N3. The molecule has 108 valence electrons. The minimum atomic E-state index is 0.849. The normalized spacial score (nSPS) is 16.8. The van der Waals surface area contributed by atoms with Gasteiger partial charge in [-0.05, 0) is 30.7 Å². The van der Waals surface area contributed by atoms with Crippen molar-refractivity contribution < 1.29 is 0 Å². The number of hydrogen-bond acceptors (Lipinski definition) is 3. The fraction of sp³-hybridized carbons (Fsp3) is 0.625. The first-order chi connectivity index (χ1) is 9.28. The van der Waals surface area contributed by atoms with Gasteiger partial charge in [0.2, 0.25) is 0 Å². The van der Waals surface area contributed by atoms with Crippen molar-refractivity contribution >= 4 is 5.69 Å². The Balaban J connectivity index is 0.000000861. The summed E-state index contributed by atoms with van der Waals surface area (Å²) >= 11 is 0. The zero-order valence-electron chi connectivity index (χ0n) is 12.7. The summed E-state index contributed by atoms with van der Waals surface area (Å²) in [5.41, 5.74) is 7.90. The molecule has 1 aromatic carbocycles. The van der Waals surface area contributed by atoms with E-state index in [1.165, 1.54) is 44.7 Å². The van der Waals surface area contributed by atoms with Gasteiger partial charge in [0.15, 0.2) is 0 Å². The Morgan fingerprint density at radius 3 is 2.00 bits per heavy atom. The predicted octanol–water partition coefficient (Wildman–Crippen LogP) is 2.82. The van der Waals surface area contributed by atoms with E-state index in [9.17, 15) is 0 Å². The van der Waals surface area contributed by atoms with Gasteiger partial charge in [0.1, 0.15) is 0 Å². The average Bonchev–Trinajstić information content (AvgIpc) is 2.46. The van der Waals surface area contributed by atoms with Gasteiger partial charge >= 0.3 is 0 Å². The van der Waals surface area contributed by atoms with E-state index in [2.05, 4.69) is 28.9 Å². The van der Waals surface area contributed by atoms with Crippen molar-refractivity contribution in [1.82, 2.24) is 9.80 Å². The Kier molecular flexibility index (Phi) is 7.53. The second kappa shape index (κ2) is 8.94. The van der Waals surface area contributed by atoms with E-state index >= 15 is 0 Å². The SMILES string of the molecule is CC.CCCN1CCN(Cc2ccc(N)cc2)CC1. The molecule has 3 heteroatoms. The van der Waals surface area contributed by atoms with E-state index < -0.39 is 0 Å². The topological polar surface area (TPSA) is 32.5 Å². The highest BCUT2D eigenvalue weighted by Crippen LogP contribution is 2.10. The van der Waals surface area contributed by atoms with Gasteiger partial charge < -0.3 is 10.6 Å². The van der Waals surface area contributed by atoms with E-state index in [0.717, 1.165) is 12.2 Å². The summed E-state index contributed by atoms with van der Waals surface area (Å²) in [6.07, 6.45) is 1.26. The third-order valence-electron chi connectivity index (χ3n) is 3.39. The molecule has 0 unspecified atom stereocenters. The molecule has 19 heavy (non-hydrogen) atoms. The molecule has 2 rings (SSSR count). The maximum absolute atomic E-state index is 5.69. The molecule has 1 aliphatic heterocycles. The van der Waals surface area contributed by atoms with Gasteiger partial charge in [0, 0.05) is 38.4 Å². The zero-order chi connectivity index (χ0) is 14.1. The standard InChI is InChI=1S/C14H23N3.C2H6/c1-2-7-16-8-10-17(11-9-16)12-13-3-5-14(15)6-4-13;1-2/h3-6H,2,7-12,15H2,1H3;1-2H3. The number of nitrogens with two attached hydrogens (primary N) is 1. The molecular weight excluding hydrogens is 234 g/mol. The second-order valence-electron chi connectivity index (χ2n) is 4.86. The summed E-state index contributed by atoms with van der Waals surface area (Å²) in [5.74, 6) is 0. The third-order valence-corrected chi connectivity index (χ3v) is 3.39. The Bertz CT molecular complexity index is 326. The van der Waals surface area contributed by atoms with Gasteiger partial charge in [0.05, 0.1) is 0 Å². The molecule has 1 aliphatic rings. The van der Waals surface area contributed by atoms with Crippen LogP contribution in [0.5, 0.6) is 0 Å². The van der Waals surface area contributed by atoms with E-state index in [1.807, 2.05) is 26.0 Å². The lowest BCUT2D eigenvalue weighted by molar-refractivity contribution is 0.127. The van der Waals surface area contributed by atoms with Gasteiger partial charge in [-0.25, -0.2) is 0 Å². The number of rotatable bonds is 4. The van der Waals surface area contributed by atoms with Gasteiger partial charge in [-0.3, -0.25) is 4.90 Å². The van der Waals surface area contributed by atoms with Crippen molar-refractivity contribution in [3.63, 3.8) is 0 Å². The zero-order valence-corrected chi connectivity index (χ0v) is 12.7. The molecule has 0 spiro atoms. The fourth-order valence-electron chi connectivity index (χ4n) is 2.37. The van der Waals surface area contributed by atoms with Crippen molar-refractivity contribution in [1.29, 1.82) is 0 Å². The molecule has 0 atom stereocenters. The number of hydrogen-bond donors (Lipinski definition) is 1. The Hall–Kier alpha value is -1.06. The second-order valence-corrected chi connectivity index (χ2v) is 4.86. The smallest absolute Gasteiger partial charge is 0.0314 e. The van der Waals surface area contributed by atoms with Crippen LogP contribution in [0.4, 0.5) is 5.69 Å². The minimum absolute atomic E-state index is 0.849. The highest BCUT2D eigenvalue weighted by atomic mass is 15.3. The number of benzene rings is 1. The van der Waals surface area contributed by atoms with E-state index in [1.54, 1.807) is 0 Å². The summed E-state index contributed by atoms with van der Waals surface area (Å²) in [5, 5.41) is 0. The van der Waals surface area contributed by atoms with Crippen molar-refractivity contribution in [2.24, 2.45) is 0 Å². The first-order valence-electron chi connectivity index (χ1n) is 7.57. The number of piperazine rings is 1. The van der Waals surface area contributed by atoms with E-state index in [4.69, 9.17) is 5.73 Å². The first-order valence-corrected chi connectivity index (χ1v) is 7.57. The molecule has 1 fully saturated rings. The molecule has 1 aromatic rings. The molecule has 3 nitrogen and oxygen atoms in total. The van der Waals surface area contributed by atoms with Crippen molar-refractivity contribution in [3.05, 3.63) is 29.8 Å². The predicted molar refractivity (Wildman–Crippen MR) is 84.2 cm³/mol. The molecule has 1 saturated heterocycles. The summed E-state index contributed by atoms with van der Waals surface area (Å²) in [4.78, 5) is 5.08. The first kappa shape index (κ1) is 16.0. The third kappa shape index (κ3) is 5.62. The molecule has 0 aromatic heterocycles. The monoisotopic (exact) mass is 263 g/mol. The van der Waals surface area contributed by atoms with Gasteiger partial charge in [-0.15, -0.1) is 0 Å². The number of nitrogens with zero attached hydrogens (tertiary/aromatic N) is 2. The Morgan fingerprint density at radius 2 is 1.47 bits per heavy atom. The molecule has 0 radical (unpaired) electrons. The highest BCUT2D eigenvalue weighted by Gasteiger charge is 2.15. The van der Waals surface area contributed by atoms with Crippen molar-refractivity contribution in [2.45, 2.75) is 33.7 Å². The quantitative estimate of drug-likeness (QED) is 0.848. The minimum Gasteiger partial charge on any atom is -0.399 e. The van der Waals surface area contributed by atoms with Gasteiger partial charge in [-0.1, -0.05) is 32.9 Å². The van der Waals surface area contributed by atoms with Crippen LogP contribution in [0.15, 0.2) is 24.3 Å². The Morgan fingerprint density at radius 1 is 0.947 bits per heavy atom. The van der Waals surface area contributed by atoms with Crippen LogP contribution in [0.2, 0.25) is 0 Å². The van der Waals surface area contributed by atoms with Crippen molar-refractivity contribution in [2.75, 3.05) is 38.5 Å². The van der Waals surface area contributed by atoms with Crippen LogP contribution in [0.3, 0.4) is 0 Å². The van der Waals surface area contributed by atoms with Crippen LogP contribution in [0.1, 0.15) is 32.8 Å². The maximum Gasteiger partial charge on any atom is 0.0314 e. The van der Waals surface area contributed by atoms with Gasteiger partial charge in [-0.2, -0.15) is 0 Å². The molecule has 0 aliphatic carbocycles. The summed E-state index contributed by atoms with van der Waals surface area (Å²) in [6, 6.07) is 8.24. The lowest BCUT2D eigenvalue weighted by Crippen LogP contribution is -2.45. The van der Waals surface area contributed by atoms with Crippen LogP contribution < -0.4 is 5.73 Å². The van der Waals surface area contributed by atoms with Gasteiger partial charge in [0.25, 0.3) is 0 Å². The lowest BCUT2D eigenvalue weighted by atomic mass is 10.2. The average molecular weight is 263 g/mol. The maximum atomic E-state index is 5.69. The number of anilines is 1. The molecule has 0 bridgehead atoms. The summed E-state index contributed by atoms with van der Waals surface area (Å²) in [6.45, 7) is 13.3. The summed E-state index contributed by atoms with van der Waals surface area (Å²) in [7, 11) is 0. The van der Waals surface area contributed by atoms with E-state index in [0.29, 0.717) is 0 Å². The van der Waals surface area contributed by atoms with Crippen LogP contribution in [0.25, 0.3) is 0 Å². The molecule has 1 heterocycles. The highest BCUT2D eigenvalue weighted by molar-refractivity contribution is 5.39. The molecule has 2 N–H and O–H groups in total. The van der Waals surface area contributed by atoms with Crippen LogP contribution >= 0.6 is 0 Å². The lowest BCUT2D eigenvalue weighted by Gasteiger charge is -2.34. The molecule has 0 amide bonds. The van der Waals surface area contributed by atoms with Crippen molar-refractivity contribution in [3.8, 4) is 0 Å². The van der Waals surface area contributed by atoms with E-state index in [-0.39, 0.29) is 0 Å². The van der Waals surface area contributed by atoms with Crippen LogP contribution in [-0.4, -0.2) is 42.5 Å². The fourth-order valence-corrected chi connectivity index (χ4v) is 2.37. The Labute approximate surface area is 118 Å². The largest absolute Gasteiger partial charge is 0.399 e. The van der Waals surface area contributed by atoms with Crippen LogP contribution in [-0.2, 0) is 6.54 Å².